The minimum Gasteiger partial charge on any atom is -0.466 e. The summed E-state index contributed by atoms with van der Waals surface area (Å²) in [6.45, 7) is 4.98. The van der Waals surface area contributed by atoms with Crippen molar-refractivity contribution in [3.05, 3.63) is 12.2 Å². The molecule has 2 atom stereocenters. The SMILES string of the molecule is CCCCCCCCCCCCCCCCCCCCCC(=O)OCCCCCCCCCCCCC/C=C\CCCCCCCCCC(=O)NC(CO)C(O)CCCCCCCCCCCCCCC. The van der Waals surface area contributed by atoms with Gasteiger partial charge in [-0.25, -0.2) is 0 Å². The number of rotatable bonds is 61. The maximum atomic E-state index is 12.5. The molecule has 0 spiro atoms. The van der Waals surface area contributed by atoms with Crippen LogP contribution in [-0.2, 0) is 14.3 Å². The topological polar surface area (TPSA) is 95.9 Å². The van der Waals surface area contributed by atoms with Crippen molar-refractivity contribution in [2.75, 3.05) is 13.2 Å². The second-order valence-electron chi connectivity index (χ2n) is 22.5. The van der Waals surface area contributed by atoms with Crippen LogP contribution in [0.25, 0.3) is 0 Å². The van der Waals surface area contributed by atoms with Crippen LogP contribution in [0.4, 0.5) is 0 Å². The summed E-state index contributed by atoms with van der Waals surface area (Å²) in [7, 11) is 0. The van der Waals surface area contributed by atoms with E-state index in [9.17, 15) is 19.8 Å². The zero-order valence-electron chi connectivity index (χ0n) is 48.2. The van der Waals surface area contributed by atoms with Gasteiger partial charge < -0.3 is 20.3 Å². The number of carbonyl (C=O) groups is 2. The predicted octanol–water partition coefficient (Wildman–Crippen LogP) is 20.4. The quantitative estimate of drug-likeness (QED) is 0.0320. The zero-order chi connectivity index (χ0) is 51.4. The van der Waals surface area contributed by atoms with Gasteiger partial charge in [0.15, 0.2) is 0 Å². The molecule has 6 nitrogen and oxygen atoms in total. The van der Waals surface area contributed by atoms with Crippen LogP contribution in [0.1, 0.15) is 367 Å². The average molecular weight is 1000 g/mol. The number of amides is 1. The lowest BCUT2D eigenvalue weighted by molar-refractivity contribution is -0.143. The van der Waals surface area contributed by atoms with Crippen LogP contribution in [0.15, 0.2) is 12.2 Å². The van der Waals surface area contributed by atoms with Crippen LogP contribution in [0.5, 0.6) is 0 Å². The van der Waals surface area contributed by atoms with Crippen molar-refractivity contribution in [1.29, 1.82) is 0 Å². The lowest BCUT2D eigenvalue weighted by Crippen LogP contribution is -2.45. The molecular weight excluding hydrogens is 875 g/mol. The first-order chi connectivity index (χ1) is 35.0. The highest BCUT2D eigenvalue weighted by atomic mass is 16.5. The Bertz CT molecular complexity index is 1060. The van der Waals surface area contributed by atoms with Crippen molar-refractivity contribution < 1.29 is 24.5 Å². The third-order valence-corrected chi connectivity index (χ3v) is 15.3. The first-order valence-electron chi connectivity index (χ1n) is 32.4. The molecule has 0 aromatic carbocycles. The minimum atomic E-state index is -0.667. The number of aliphatic hydroxyl groups excluding tert-OH is 2. The molecule has 0 fully saturated rings. The molecule has 0 bridgehead atoms. The number of ether oxygens (including phenoxy) is 1. The first-order valence-corrected chi connectivity index (χ1v) is 32.4. The van der Waals surface area contributed by atoms with Gasteiger partial charge in [-0.15, -0.1) is 0 Å². The number of allylic oxidation sites excluding steroid dienone is 2. The van der Waals surface area contributed by atoms with Crippen LogP contribution in [0.3, 0.4) is 0 Å². The molecule has 0 saturated heterocycles. The summed E-state index contributed by atoms with van der Waals surface area (Å²) in [5.74, 6) is -0.0247. The van der Waals surface area contributed by atoms with E-state index in [1.165, 1.54) is 295 Å². The molecule has 0 aliphatic carbocycles. The molecule has 0 rings (SSSR count). The Balaban J connectivity index is 3.37. The molecule has 3 N–H and O–H groups in total. The van der Waals surface area contributed by atoms with E-state index in [4.69, 9.17) is 4.74 Å². The molecule has 0 radical (unpaired) electrons. The summed E-state index contributed by atoms with van der Waals surface area (Å²) >= 11 is 0. The van der Waals surface area contributed by atoms with Crippen molar-refractivity contribution in [1.82, 2.24) is 5.32 Å². The highest BCUT2D eigenvalue weighted by molar-refractivity contribution is 5.76. The molecular formula is C65H127NO5. The number of nitrogens with one attached hydrogen (secondary N) is 1. The molecule has 0 aromatic rings. The monoisotopic (exact) mass is 1000 g/mol. The number of aliphatic hydroxyl groups is 2. The summed E-state index contributed by atoms with van der Waals surface area (Å²) in [5, 5.41) is 23.2. The Morgan fingerprint density at radius 3 is 1.00 bits per heavy atom. The third-order valence-electron chi connectivity index (χ3n) is 15.3. The maximum Gasteiger partial charge on any atom is 0.305 e. The van der Waals surface area contributed by atoms with E-state index in [2.05, 4.69) is 31.3 Å². The summed E-state index contributed by atoms with van der Waals surface area (Å²) in [4.78, 5) is 24.6. The van der Waals surface area contributed by atoms with E-state index in [1.807, 2.05) is 0 Å². The Morgan fingerprint density at radius 2 is 0.662 bits per heavy atom. The number of carbonyl (C=O) groups excluding carboxylic acids is 2. The molecule has 0 heterocycles. The highest BCUT2D eigenvalue weighted by Crippen LogP contribution is 2.18. The largest absolute Gasteiger partial charge is 0.466 e. The smallest absolute Gasteiger partial charge is 0.305 e. The molecule has 0 aliphatic heterocycles. The molecule has 422 valence electrons. The molecule has 0 aromatic heterocycles. The lowest BCUT2D eigenvalue weighted by atomic mass is 10.0. The molecule has 0 aliphatic rings. The fraction of sp³-hybridized carbons (Fsp3) is 0.938. The Labute approximate surface area is 444 Å². The normalized spacial score (nSPS) is 12.6. The summed E-state index contributed by atoms with van der Waals surface area (Å²) in [6, 6.07) is -0.545. The van der Waals surface area contributed by atoms with Crippen molar-refractivity contribution in [2.45, 2.75) is 379 Å². The Kier molecular flexibility index (Phi) is 59.9. The predicted molar refractivity (Wildman–Crippen MR) is 310 cm³/mol. The number of hydrogen-bond acceptors (Lipinski definition) is 5. The highest BCUT2D eigenvalue weighted by Gasteiger charge is 2.20. The van der Waals surface area contributed by atoms with Gasteiger partial charge in [-0.1, -0.05) is 315 Å². The second kappa shape index (κ2) is 61.1. The Morgan fingerprint density at radius 1 is 0.380 bits per heavy atom. The lowest BCUT2D eigenvalue weighted by Gasteiger charge is -2.22. The van der Waals surface area contributed by atoms with Crippen molar-refractivity contribution >= 4 is 11.9 Å². The summed E-state index contributed by atoms with van der Waals surface area (Å²) < 4.78 is 5.50. The van der Waals surface area contributed by atoms with Crippen LogP contribution in [0, 0.1) is 0 Å². The Hall–Kier alpha value is -1.40. The van der Waals surface area contributed by atoms with Gasteiger partial charge in [0.1, 0.15) is 0 Å². The number of esters is 1. The van der Waals surface area contributed by atoms with E-state index in [-0.39, 0.29) is 18.5 Å². The van der Waals surface area contributed by atoms with Gasteiger partial charge in [0.2, 0.25) is 5.91 Å². The molecule has 71 heavy (non-hydrogen) atoms. The van der Waals surface area contributed by atoms with Crippen LogP contribution >= 0.6 is 0 Å². The fourth-order valence-electron chi connectivity index (χ4n) is 10.3. The van der Waals surface area contributed by atoms with Crippen molar-refractivity contribution in [3.63, 3.8) is 0 Å². The third kappa shape index (κ3) is 57.7. The number of hydrogen-bond donors (Lipinski definition) is 3. The van der Waals surface area contributed by atoms with E-state index in [0.29, 0.717) is 25.9 Å². The molecule has 6 heteroatoms. The van der Waals surface area contributed by atoms with E-state index in [0.717, 1.165) is 38.5 Å². The molecule has 2 unspecified atom stereocenters. The minimum absolute atomic E-state index is 0.0155. The molecule has 0 saturated carbocycles. The van der Waals surface area contributed by atoms with E-state index >= 15 is 0 Å². The number of unbranched alkanes of at least 4 members (excludes halogenated alkanes) is 48. The van der Waals surface area contributed by atoms with Gasteiger partial charge in [0.25, 0.3) is 0 Å². The standard InChI is InChI=1S/C65H127NO5/c1-3-5-7-9-11-13-15-17-18-19-24-28-31-35-39-43-47-51-55-59-65(70)71-60-56-52-48-44-40-36-32-29-26-23-21-20-22-25-27-30-34-38-42-46-50-54-58-64(69)66-62(61-67)63(68)57-53-49-45-41-37-33-16-14-12-10-8-6-4-2/h22,25,62-63,67-68H,3-21,23-24,26-61H2,1-2H3,(H,66,69)/b25-22-. The van der Waals surface area contributed by atoms with Gasteiger partial charge in [-0.2, -0.15) is 0 Å². The van der Waals surface area contributed by atoms with E-state index in [1.54, 1.807) is 0 Å². The van der Waals surface area contributed by atoms with Gasteiger partial charge in [-0.05, 0) is 51.4 Å². The van der Waals surface area contributed by atoms with Gasteiger partial charge >= 0.3 is 5.97 Å². The zero-order valence-corrected chi connectivity index (χ0v) is 48.2. The van der Waals surface area contributed by atoms with Crippen LogP contribution in [0.2, 0.25) is 0 Å². The van der Waals surface area contributed by atoms with Gasteiger partial charge in [0.05, 0.1) is 25.4 Å². The fourth-order valence-corrected chi connectivity index (χ4v) is 10.3. The van der Waals surface area contributed by atoms with Crippen LogP contribution in [-0.4, -0.2) is 47.4 Å². The van der Waals surface area contributed by atoms with Crippen molar-refractivity contribution in [2.24, 2.45) is 0 Å². The summed E-state index contributed by atoms with van der Waals surface area (Å²) in [5.41, 5.74) is 0. The van der Waals surface area contributed by atoms with Gasteiger partial charge in [-0.3, -0.25) is 9.59 Å². The summed E-state index contributed by atoms with van der Waals surface area (Å²) in [6.07, 6.45) is 73.8. The van der Waals surface area contributed by atoms with Crippen LogP contribution < -0.4 is 5.32 Å². The average Bonchev–Trinajstić information content (AvgIpc) is 3.37. The van der Waals surface area contributed by atoms with Crippen molar-refractivity contribution in [3.8, 4) is 0 Å². The molecule has 1 amide bonds. The first kappa shape index (κ1) is 69.6. The van der Waals surface area contributed by atoms with Gasteiger partial charge in [0, 0.05) is 12.8 Å². The maximum absolute atomic E-state index is 12.5. The second-order valence-corrected chi connectivity index (χ2v) is 22.5. The van der Waals surface area contributed by atoms with E-state index < -0.39 is 12.1 Å².